The van der Waals surface area contributed by atoms with E-state index in [2.05, 4.69) is 5.32 Å². The fourth-order valence-electron chi connectivity index (χ4n) is 2.48. The lowest BCUT2D eigenvalue weighted by Gasteiger charge is -2.07. The van der Waals surface area contributed by atoms with Crippen molar-refractivity contribution in [2.75, 3.05) is 12.4 Å². The number of carboxylic acid groups (broad SMARTS) is 1. The van der Waals surface area contributed by atoms with Crippen LogP contribution in [0.3, 0.4) is 0 Å². The third kappa shape index (κ3) is 2.41. The Balaban J connectivity index is 2.04. The number of carboxylic acids is 1. The third-order valence-electron chi connectivity index (χ3n) is 3.73. The fraction of sp³-hybridized carbons (Fsp3) is 0.429. The molecule has 1 aliphatic rings. The molecule has 1 saturated carbocycles. The van der Waals surface area contributed by atoms with Crippen LogP contribution in [0.25, 0.3) is 0 Å². The maximum absolute atomic E-state index is 12.1. The number of rotatable bonds is 4. The molecule has 5 nitrogen and oxygen atoms in total. The summed E-state index contributed by atoms with van der Waals surface area (Å²) >= 11 is 0. The van der Waals surface area contributed by atoms with Gasteiger partial charge in [-0.1, -0.05) is 13.8 Å². The molecule has 1 amide bonds. The predicted molar refractivity (Wildman–Crippen MR) is 70.0 cm³/mol. The summed E-state index contributed by atoms with van der Waals surface area (Å²) in [5, 5.41) is 11.8. The van der Waals surface area contributed by atoms with Gasteiger partial charge in [-0.2, -0.15) is 0 Å². The molecule has 1 aromatic carbocycles. The van der Waals surface area contributed by atoms with Crippen molar-refractivity contribution in [3.05, 3.63) is 24.3 Å². The average molecular weight is 263 g/mol. The number of hydrogen-bond acceptors (Lipinski definition) is 3. The van der Waals surface area contributed by atoms with Gasteiger partial charge in [0.05, 0.1) is 18.9 Å². The van der Waals surface area contributed by atoms with Crippen molar-refractivity contribution in [2.24, 2.45) is 17.3 Å². The molecule has 1 fully saturated rings. The molecule has 0 heterocycles. The standard InChI is InChI=1S/C14H17NO4/c1-14(2)10(11(14)13(17)18)12(16)15-8-4-6-9(19-3)7-5-8/h4-7,10-11H,1-3H3,(H,15,16)(H,17,18)/t10-,11-/m1/s1. The SMILES string of the molecule is COc1ccc(NC(=O)[C@H]2[C@H](C(=O)O)C2(C)C)cc1. The maximum atomic E-state index is 12.1. The lowest BCUT2D eigenvalue weighted by molar-refractivity contribution is -0.140. The molecule has 2 atom stereocenters. The summed E-state index contributed by atoms with van der Waals surface area (Å²) in [7, 11) is 1.57. The monoisotopic (exact) mass is 263 g/mol. The first-order valence-electron chi connectivity index (χ1n) is 6.05. The largest absolute Gasteiger partial charge is 0.497 e. The number of nitrogens with one attached hydrogen (secondary N) is 1. The van der Waals surface area contributed by atoms with Crippen LogP contribution in [0, 0.1) is 17.3 Å². The maximum Gasteiger partial charge on any atom is 0.307 e. The third-order valence-corrected chi connectivity index (χ3v) is 3.73. The second-order valence-corrected chi connectivity index (χ2v) is 5.33. The summed E-state index contributed by atoms with van der Waals surface area (Å²) < 4.78 is 5.03. The van der Waals surface area contributed by atoms with Crippen LogP contribution >= 0.6 is 0 Å². The number of benzene rings is 1. The molecule has 0 spiro atoms. The molecule has 0 saturated heterocycles. The summed E-state index contributed by atoms with van der Waals surface area (Å²) in [6, 6.07) is 6.93. The number of aliphatic carboxylic acids is 1. The minimum absolute atomic E-state index is 0.248. The van der Waals surface area contributed by atoms with E-state index in [1.165, 1.54) is 0 Å². The van der Waals surface area contributed by atoms with E-state index in [0.29, 0.717) is 11.4 Å². The number of anilines is 1. The number of carbonyl (C=O) groups is 2. The highest BCUT2D eigenvalue weighted by Gasteiger charge is 2.65. The van der Waals surface area contributed by atoms with Crippen LogP contribution in [0.5, 0.6) is 5.75 Å². The molecule has 2 N–H and O–H groups in total. The molecule has 1 aliphatic carbocycles. The molecule has 1 aromatic rings. The molecule has 2 rings (SSSR count). The van der Waals surface area contributed by atoms with Crippen molar-refractivity contribution in [3.63, 3.8) is 0 Å². The van der Waals surface area contributed by atoms with Crippen LogP contribution in [0.2, 0.25) is 0 Å². The lowest BCUT2D eigenvalue weighted by Crippen LogP contribution is -2.17. The van der Waals surface area contributed by atoms with Gasteiger partial charge in [0.1, 0.15) is 5.75 Å². The molecule has 5 heteroatoms. The van der Waals surface area contributed by atoms with Gasteiger partial charge in [-0.25, -0.2) is 0 Å². The van der Waals surface area contributed by atoms with E-state index in [-0.39, 0.29) is 5.91 Å². The Hall–Kier alpha value is -2.04. The summed E-state index contributed by atoms with van der Waals surface area (Å²) in [5.41, 5.74) is 0.153. The topological polar surface area (TPSA) is 75.6 Å². The number of carbonyl (C=O) groups excluding carboxylic acids is 1. The van der Waals surface area contributed by atoms with Gasteiger partial charge in [-0.3, -0.25) is 9.59 Å². The zero-order valence-electron chi connectivity index (χ0n) is 11.1. The Kier molecular flexibility index (Phi) is 3.22. The Morgan fingerprint density at radius 2 is 1.79 bits per heavy atom. The first-order valence-corrected chi connectivity index (χ1v) is 6.05. The number of hydrogen-bond donors (Lipinski definition) is 2. The Bertz CT molecular complexity index is 507. The first kappa shape index (κ1) is 13.4. The van der Waals surface area contributed by atoms with Crippen molar-refractivity contribution in [2.45, 2.75) is 13.8 Å². The van der Waals surface area contributed by atoms with Crippen LogP contribution in [-0.2, 0) is 9.59 Å². The minimum Gasteiger partial charge on any atom is -0.497 e. The first-order chi connectivity index (χ1) is 8.87. The lowest BCUT2D eigenvalue weighted by atomic mass is 10.1. The normalized spacial score (nSPS) is 23.5. The number of ether oxygens (including phenoxy) is 1. The van der Waals surface area contributed by atoms with Crippen LogP contribution in [0.1, 0.15) is 13.8 Å². The van der Waals surface area contributed by atoms with Crippen molar-refractivity contribution < 1.29 is 19.4 Å². The van der Waals surface area contributed by atoms with Crippen molar-refractivity contribution in [3.8, 4) is 5.75 Å². The van der Waals surface area contributed by atoms with E-state index in [0.717, 1.165) is 0 Å². The summed E-state index contributed by atoms with van der Waals surface area (Å²) in [4.78, 5) is 23.1. The molecule has 19 heavy (non-hydrogen) atoms. The number of amides is 1. The van der Waals surface area contributed by atoms with E-state index < -0.39 is 23.2 Å². The minimum atomic E-state index is -0.917. The Morgan fingerprint density at radius 1 is 1.21 bits per heavy atom. The molecular formula is C14H17NO4. The van der Waals surface area contributed by atoms with E-state index >= 15 is 0 Å². The van der Waals surface area contributed by atoms with E-state index in [9.17, 15) is 9.59 Å². The zero-order chi connectivity index (χ0) is 14.2. The summed E-state index contributed by atoms with van der Waals surface area (Å²) in [5.74, 6) is -1.55. The van der Waals surface area contributed by atoms with Gasteiger partial charge < -0.3 is 15.2 Å². The van der Waals surface area contributed by atoms with Gasteiger partial charge in [-0.05, 0) is 29.7 Å². The van der Waals surface area contributed by atoms with E-state index in [1.54, 1.807) is 45.2 Å². The average Bonchev–Trinajstić information content (AvgIpc) is 2.93. The van der Waals surface area contributed by atoms with Crippen LogP contribution in [0.15, 0.2) is 24.3 Å². The van der Waals surface area contributed by atoms with Crippen LogP contribution in [0.4, 0.5) is 5.69 Å². The molecule has 102 valence electrons. The van der Waals surface area contributed by atoms with Gasteiger partial charge >= 0.3 is 5.97 Å². The highest BCUT2D eigenvalue weighted by atomic mass is 16.5. The van der Waals surface area contributed by atoms with Gasteiger partial charge in [0, 0.05) is 5.69 Å². The highest BCUT2D eigenvalue weighted by molar-refractivity contribution is 5.99. The van der Waals surface area contributed by atoms with E-state index in [4.69, 9.17) is 9.84 Å². The Morgan fingerprint density at radius 3 is 2.21 bits per heavy atom. The van der Waals surface area contributed by atoms with Crippen LogP contribution in [-0.4, -0.2) is 24.1 Å². The second kappa shape index (κ2) is 4.57. The van der Waals surface area contributed by atoms with Gasteiger partial charge in [0.2, 0.25) is 5.91 Å². The van der Waals surface area contributed by atoms with Crippen molar-refractivity contribution in [1.82, 2.24) is 0 Å². The van der Waals surface area contributed by atoms with Gasteiger partial charge in [0.15, 0.2) is 0 Å². The molecule has 0 bridgehead atoms. The quantitative estimate of drug-likeness (QED) is 0.871. The fourth-order valence-corrected chi connectivity index (χ4v) is 2.48. The molecule has 0 aliphatic heterocycles. The predicted octanol–water partition coefficient (Wildman–Crippen LogP) is 1.99. The summed E-state index contributed by atoms with van der Waals surface area (Å²) in [6.45, 7) is 3.59. The number of methoxy groups -OCH3 is 1. The Labute approximate surface area is 111 Å². The van der Waals surface area contributed by atoms with Crippen molar-refractivity contribution in [1.29, 1.82) is 0 Å². The molecule has 0 aromatic heterocycles. The second-order valence-electron chi connectivity index (χ2n) is 5.33. The molecule has 0 radical (unpaired) electrons. The molecule has 0 unspecified atom stereocenters. The van der Waals surface area contributed by atoms with Crippen molar-refractivity contribution >= 4 is 17.6 Å². The summed E-state index contributed by atoms with van der Waals surface area (Å²) in [6.07, 6.45) is 0. The van der Waals surface area contributed by atoms with Gasteiger partial charge in [0.25, 0.3) is 0 Å². The zero-order valence-corrected chi connectivity index (χ0v) is 11.1. The highest BCUT2D eigenvalue weighted by Crippen LogP contribution is 2.58. The smallest absolute Gasteiger partial charge is 0.307 e. The molecular weight excluding hydrogens is 246 g/mol. The van der Waals surface area contributed by atoms with E-state index in [1.807, 2.05) is 0 Å². The van der Waals surface area contributed by atoms with Gasteiger partial charge in [-0.15, -0.1) is 0 Å². The van der Waals surface area contributed by atoms with Crippen LogP contribution < -0.4 is 10.1 Å².